The lowest BCUT2D eigenvalue weighted by Gasteiger charge is -2.09. The van der Waals surface area contributed by atoms with Gasteiger partial charge in [0.15, 0.2) is 0 Å². The third kappa shape index (κ3) is 3.15. The summed E-state index contributed by atoms with van der Waals surface area (Å²) < 4.78 is 15.7. The number of hydrogen-bond donors (Lipinski definition) is 2. The van der Waals surface area contributed by atoms with Crippen molar-refractivity contribution in [2.24, 2.45) is 0 Å². The van der Waals surface area contributed by atoms with Crippen LogP contribution in [0.4, 0.5) is 16.2 Å². The molecule has 0 amide bonds. The van der Waals surface area contributed by atoms with Crippen LogP contribution >= 0.6 is 11.6 Å². The number of imidazole rings is 1. The monoisotopic (exact) mass is 318 g/mol. The maximum absolute atomic E-state index is 14.1. The second-order valence-electron chi connectivity index (χ2n) is 4.54. The zero-order valence-electron chi connectivity index (χ0n) is 11.4. The Hall–Kier alpha value is -2.67. The molecule has 112 valence electrons. The van der Waals surface area contributed by atoms with Gasteiger partial charge >= 0.3 is 0 Å². The van der Waals surface area contributed by atoms with E-state index in [1.165, 1.54) is 6.07 Å². The van der Waals surface area contributed by atoms with Gasteiger partial charge in [-0.3, -0.25) is 0 Å². The first-order chi connectivity index (χ1) is 10.6. The van der Waals surface area contributed by atoms with Crippen molar-refractivity contribution < 1.29 is 4.39 Å². The van der Waals surface area contributed by atoms with E-state index in [1.54, 1.807) is 35.4 Å². The summed E-state index contributed by atoms with van der Waals surface area (Å²) in [5.74, 6) is 0.228. The number of rotatable bonds is 4. The van der Waals surface area contributed by atoms with Crippen LogP contribution in [0.2, 0.25) is 5.15 Å². The van der Waals surface area contributed by atoms with Crippen LogP contribution < -0.4 is 11.1 Å². The average molecular weight is 319 g/mol. The van der Waals surface area contributed by atoms with Crippen molar-refractivity contribution in [3.63, 3.8) is 0 Å². The van der Waals surface area contributed by atoms with Crippen molar-refractivity contribution in [3.05, 3.63) is 59.5 Å². The molecule has 2 heterocycles. The maximum Gasteiger partial charge on any atom is 0.223 e. The van der Waals surface area contributed by atoms with Crippen molar-refractivity contribution in [3.8, 4) is 5.69 Å². The molecule has 2 aromatic heterocycles. The fraction of sp³-hybridized carbons (Fsp3) is 0.0714. The maximum atomic E-state index is 14.1. The molecule has 1 aromatic carbocycles. The Balaban J connectivity index is 1.75. The molecule has 0 radical (unpaired) electrons. The van der Waals surface area contributed by atoms with E-state index in [-0.39, 0.29) is 16.9 Å². The predicted octanol–water partition coefficient (Wildman–Crippen LogP) is 2.65. The largest absolute Gasteiger partial charge is 0.368 e. The predicted molar refractivity (Wildman–Crippen MR) is 82.3 cm³/mol. The summed E-state index contributed by atoms with van der Waals surface area (Å²) in [7, 11) is 0. The number of aromatic nitrogens is 4. The minimum Gasteiger partial charge on any atom is -0.368 e. The topological polar surface area (TPSA) is 81.6 Å². The number of nitrogens with zero attached hydrogens (tertiary/aromatic N) is 4. The van der Waals surface area contributed by atoms with Crippen LogP contribution in [0.5, 0.6) is 0 Å². The van der Waals surface area contributed by atoms with E-state index in [4.69, 9.17) is 17.3 Å². The Bertz CT molecular complexity index is 770. The highest BCUT2D eigenvalue weighted by Gasteiger charge is 2.06. The first-order valence-corrected chi connectivity index (χ1v) is 6.80. The van der Waals surface area contributed by atoms with Crippen molar-refractivity contribution in [2.75, 3.05) is 11.1 Å². The lowest BCUT2D eigenvalue weighted by Crippen LogP contribution is -2.05. The second-order valence-corrected chi connectivity index (χ2v) is 4.93. The van der Waals surface area contributed by atoms with E-state index in [9.17, 15) is 4.39 Å². The van der Waals surface area contributed by atoms with Crippen LogP contribution in [0.3, 0.4) is 0 Å². The Morgan fingerprint density at radius 3 is 2.82 bits per heavy atom. The molecule has 3 aromatic rings. The van der Waals surface area contributed by atoms with Crippen LogP contribution in [-0.4, -0.2) is 19.5 Å². The SMILES string of the molecule is Nc1nc(Cl)cc(NCc2ccc(-n3ccnc3)c(F)c2)n1. The van der Waals surface area contributed by atoms with Gasteiger partial charge in [0.05, 0.1) is 12.0 Å². The van der Waals surface area contributed by atoms with E-state index in [1.807, 2.05) is 6.07 Å². The van der Waals surface area contributed by atoms with Gasteiger partial charge in [-0.25, -0.2) is 14.4 Å². The zero-order valence-corrected chi connectivity index (χ0v) is 12.1. The standard InChI is InChI=1S/C14H12ClFN6/c15-12-6-13(21-14(17)20-12)19-7-9-1-2-11(10(16)5-9)22-4-3-18-8-22/h1-6,8H,7H2,(H3,17,19,20,21). The Morgan fingerprint density at radius 1 is 1.27 bits per heavy atom. The fourth-order valence-corrected chi connectivity index (χ4v) is 2.18. The minimum absolute atomic E-state index is 0.0802. The summed E-state index contributed by atoms with van der Waals surface area (Å²) in [4.78, 5) is 11.7. The number of benzene rings is 1. The van der Waals surface area contributed by atoms with Crippen molar-refractivity contribution >= 4 is 23.4 Å². The third-order valence-corrected chi connectivity index (χ3v) is 3.17. The van der Waals surface area contributed by atoms with Crippen molar-refractivity contribution in [2.45, 2.75) is 6.54 Å². The third-order valence-electron chi connectivity index (χ3n) is 2.98. The molecule has 0 bridgehead atoms. The van der Waals surface area contributed by atoms with Gasteiger partial charge in [-0.15, -0.1) is 0 Å². The van der Waals surface area contributed by atoms with E-state index >= 15 is 0 Å². The molecule has 3 N–H and O–H groups in total. The molecule has 0 saturated carbocycles. The highest BCUT2D eigenvalue weighted by atomic mass is 35.5. The molecule has 0 unspecified atom stereocenters. The Morgan fingerprint density at radius 2 is 2.14 bits per heavy atom. The summed E-state index contributed by atoms with van der Waals surface area (Å²) in [6.45, 7) is 0.383. The molecule has 0 aliphatic carbocycles. The summed E-state index contributed by atoms with van der Waals surface area (Å²) in [5, 5.41) is 3.27. The molecular formula is C14H12ClFN6. The van der Waals surface area contributed by atoms with Gasteiger partial charge in [0.1, 0.15) is 16.8 Å². The van der Waals surface area contributed by atoms with Crippen LogP contribution in [-0.2, 0) is 6.54 Å². The molecule has 3 rings (SSSR count). The molecule has 0 aliphatic rings. The summed E-state index contributed by atoms with van der Waals surface area (Å²) in [6.07, 6.45) is 4.82. The number of nitrogens with one attached hydrogen (secondary N) is 1. The van der Waals surface area contributed by atoms with Gasteiger partial charge in [0.2, 0.25) is 5.95 Å². The summed E-state index contributed by atoms with van der Waals surface area (Å²) in [6, 6.07) is 6.51. The molecule has 0 aliphatic heterocycles. The summed E-state index contributed by atoms with van der Waals surface area (Å²) in [5.41, 5.74) is 6.71. The highest BCUT2D eigenvalue weighted by Crippen LogP contribution is 2.17. The van der Waals surface area contributed by atoms with Crippen LogP contribution in [0.15, 0.2) is 43.0 Å². The number of nitrogen functional groups attached to an aromatic ring is 1. The van der Waals surface area contributed by atoms with Crippen molar-refractivity contribution in [1.82, 2.24) is 19.5 Å². The van der Waals surface area contributed by atoms with Gasteiger partial charge in [-0.1, -0.05) is 17.7 Å². The Labute approximate surface area is 130 Å². The van der Waals surface area contributed by atoms with Gasteiger partial charge in [-0.2, -0.15) is 4.98 Å². The molecule has 0 fully saturated rings. The minimum atomic E-state index is -0.336. The lowest BCUT2D eigenvalue weighted by atomic mass is 10.2. The lowest BCUT2D eigenvalue weighted by molar-refractivity contribution is 0.616. The molecule has 6 nitrogen and oxygen atoms in total. The van der Waals surface area contributed by atoms with Crippen LogP contribution in [0.25, 0.3) is 5.69 Å². The van der Waals surface area contributed by atoms with Crippen LogP contribution in [0.1, 0.15) is 5.56 Å². The van der Waals surface area contributed by atoms with E-state index in [0.717, 1.165) is 5.56 Å². The Kier molecular flexibility index (Phi) is 3.88. The number of hydrogen-bond acceptors (Lipinski definition) is 5. The molecular weight excluding hydrogens is 307 g/mol. The van der Waals surface area contributed by atoms with Gasteiger partial charge in [-0.05, 0) is 17.7 Å². The highest BCUT2D eigenvalue weighted by molar-refractivity contribution is 6.29. The number of anilines is 2. The van der Waals surface area contributed by atoms with E-state index < -0.39 is 0 Å². The number of nitrogens with two attached hydrogens (primary N) is 1. The average Bonchev–Trinajstić information content (AvgIpc) is 2.98. The summed E-state index contributed by atoms with van der Waals surface area (Å²) >= 11 is 5.80. The second kappa shape index (κ2) is 5.98. The molecule has 8 heteroatoms. The quantitative estimate of drug-likeness (QED) is 0.723. The smallest absolute Gasteiger partial charge is 0.223 e. The molecule has 22 heavy (non-hydrogen) atoms. The molecule has 0 saturated heterocycles. The first-order valence-electron chi connectivity index (χ1n) is 6.42. The van der Waals surface area contributed by atoms with E-state index in [0.29, 0.717) is 18.1 Å². The first kappa shape index (κ1) is 14.3. The molecule has 0 atom stereocenters. The van der Waals surface area contributed by atoms with Gasteiger partial charge in [0, 0.05) is 25.0 Å². The van der Waals surface area contributed by atoms with Gasteiger partial charge in [0.25, 0.3) is 0 Å². The zero-order chi connectivity index (χ0) is 15.5. The normalized spacial score (nSPS) is 10.6. The fourth-order valence-electron chi connectivity index (χ4n) is 1.99. The van der Waals surface area contributed by atoms with Gasteiger partial charge < -0.3 is 15.6 Å². The van der Waals surface area contributed by atoms with E-state index in [2.05, 4.69) is 20.3 Å². The van der Waals surface area contributed by atoms with Crippen molar-refractivity contribution in [1.29, 1.82) is 0 Å². The molecule has 0 spiro atoms. The number of halogens is 2. The van der Waals surface area contributed by atoms with Crippen LogP contribution in [0, 0.1) is 5.82 Å².